The number of hydrogen-bond acceptors (Lipinski definition) is 5. The molecule has 0 heterocycles. The molecule has 3 amide bonds. The summed E-state index contributed by atoms with van der Waals surface area (Å²) in [6.45, 7) is 6.15. The third-order valence-corrected chi connectivity index (χ3v) is 4.76. The average Bonchev–Trinajstić information content (AvgIpc) is 2.73. The first kappa shape index (κ1) is 28.4. The molecule has 178 valence electrons. The molecule has 0 saturated heterocycles. The predicted molar refractivity (Wildman–Crippen MR) is 119 cm³/mol. The lowest BCUT2D eigenvalue weighted by atomic mass is 10.1. The summed E-state index contributed by atoms with van der Waals surface area (Å²) in [6, 6.07) is -1.10. The van der Waals surface area contributed by atoms with E-state index < -0.39 is 18.1 Å². The number of hydrogen-bond donors (Lipinski definition) is 3. The molecule has 0 radical (unpaired) electrons. The first-order chi connectivity index (χ1) is 14.8. The first-order valence-electron chi connectivity index (χ1n) is 11.1. The van der Waals surface area contributed by atoms with Gasteiger partial charge in [0.05, 0.1) is 0 Å². The standard InChI is InChI=1S/C22H39N3O6/c1-4-6-7-8-9-10-11-12-19(26)24-18(21(28)29)13-14-20(27)25(3)16-15-23-22(30)31-17-5-2/h5,18H,2,4,6-17H2,1,3H3,(H,23,30)(H,24,26)(H,28,29). The fraction of sp³-hybridized carbons (Fsp3) is 0.727. The molecule has 9 heteroatoms. The van der Waals surface area contributed by atoms with Crippen LogP contribution in [0.5, 0.6) is 0 Å². The topological polar surface area (TPSA) is 125 Å². The van der Waals surface area contributed by atoms with Crippen LogP contribution in [-0.2, 0) is 19.1 Å². The van der Waals surface area contributed by atoms with E-state index in [-0.39, 0.29) is 44.4 Å². The van der Waals surface area contributed by atoms with E-state index in [1.165, 1.54) is 30.2 Å². The molecular formula is C22H39N3O6. The Hall–Kier alpha value is -2.58. The van der Waals surface area contributed by atoms with Crippen LogP contribution in [0.4, 0.5) is 4.79 Å². The summed E-state index contributed by atoms with van der Waals surface area (Å²) in [5, 5.41) is 14.3. The molecule has 0 aliphatic heterocycles. The number of alkyl carbamates (subject to hydrolysis) is 1. The molecule has 3 N–H and O–H groups in total. The van der Waals surface area contributed by atoms with Crippen LogP contribution in [0.2, 0.25) is 0 Å². The Bertz CT molecular complexity index is 567. The van der Waals surface area contributed by atoms with Crippen LogP contribution in [0, 0.1) is 0 Å². The van der Waals surface area contributed by atoms with Gasteiger partial charge in [-0.25, -0.2) is 9.59 Å². The van der Waals surface area contributed by atoms with Crippen LogP contribution >= 0.6 is 0 Å². The smallest absolute Gasteiger partial charge is 0.407 e. The van der Waals surface area contributed by atoms with Gasteiger partial charge >= 0.3 is 12.1 Å². The van der Waals surface area contributed by atoms with Gasteiger partial charge in [0.2, 0.25) is 11.8 Å². The number of likely N-dealkylation sites (N-methyl/N-ethyl adjacent to an activating group) is 1. The third-order valence-electron chi connectivity index (χ3n) is 4.76. The van der Waals surface area contributed by atoms with Crippen molar-refractivity contribution in [2.45, 2.75) is 77.2 Å². The fourth-order valence-electron chi connectivity index (χ4n) is 2.86. The van der Waals surface area contributed by atoms with Gasteiger partial charge in [-0.3, -0.25) is 9.59 Å². The Morgan fingerprint density at radius 1 is 1.06 bits per heavy atom. The van der Waals surface area contributed by atoms with E-state index in [2.05, 4.69) is 24.1 Å². The SMILES string of the molecule is C=CCOC(=O)NCCN(C)C(=O)CCC(NC(=O)CCCCCCCCC)C(=O)O. The second-order valence-electron chi connectivity index (χ2n) is 7.50. The van der Waals surface area contributed by atoms with Crippen LogP contribution in [0.25, 0.3) is 0 Å². The summed E-state index contributed by atoms with van der Waals surface area (Å²) in [4.78, 5) is 48.3. The van der Waals surface area contributed by atoms with Crippen molar-refractivity contribution in [1.29, 1.82) is 0 Å². The van der Waals surface area contributed by atoms with Crippen LogP contribution < -0.4 is 10.6 Å². The van der Waals surface area contributed by atoms with E-state index in [0.29, 0.717) is 6.42 Å². The molecule has 0 aliphatic carbocycles. The van der Waals surface area contributed by atoms with Crippen molar-refractivity contribution in [1.82, 2.24) is 15.5 Å². The highest BCUT2D eigenvalue weighted by Crippen LogP contribution is 2.09. The third kappa shape index (κ3) is 15.9. The molecule has 9 nitrogen and oxygen atoms in total. The minimum Gasteiger partial charge on any atom is -0.480 e. The fourth-order valence-corrected chi connectivity index (χ4v) is 2.86. The number of ether oxygens (including phenoxy) is 1. The molecule has 0 aromatic heterocycles. The number of carboxylic acids is 1. The number of carbonyl (C=O) groups excluding carboxylic acids is 3. The first-order valence-corrected chi connectivity index (χ1v) is 11.1. The molecule has 1 atom stereocenters. The minimum atomic E-state index is -1.16. The molecule has 0 spiro atoms. The van der Waals surface area contributed by atoms with Crippen LogP contribution in [0.15, 0.2) is 12.7 Å². The highest BCUT2D eigenvalue weighted by Gasteiger charge is 2.21. The van der Waals surface area contributed by atoms with E-state index >= 15 is 0 Å². The highest BCUT2D eigenvalue weighted by molar-refractivity contribution is 5.84. The number of rotatable bonds is 18. The van der Waals surface area contributed by atoms with E-state index in [4.69, 9.17) is 4.74 Å². The van der Waals surface area contributed by atoms with Crippen molar-refractivity contribution >= 4 is 23.9 Å². The van der Waals surface area contributed by atoms with E-state index in [1.807, 2.05) is 0 Å². The summed E-state index contributed by atoms with van der Waals surface area (Å²) in [5.74, 6) is -1.73. The van der Waals surface area contributed by atoms with Crippen molar-refractivity contribution in [2.75, 3.05) is 26.7 Å². The number of unbranched alkanes of at least 4 members (excludes halogenated alkanes) is 6. The maximum Gasteiger partial charge on any atom is 0.407 e. The van der Waals surface area contributed by atoms with Crippen molar-refractivity contribution < 1.29 is 29.0 Å². The van der Waals surface area contributed by atoms with Gasteiger partial charge in [0.25, 0.3) is 0 Å². The van der Waals surface area contributed by atoms with Crippen LogP contribution in [0.1, 0.15) is 71.1 Å². The van der Waals surface area contributed by atoms with Gasteiger partial charge < -0.3 is 25.4 Å². The Morgan fingerprint density at radius 3 is 2.32 bits per heavy atom. The zero-order chi connectivity index (χ0) is 23.5. The van der Waals surface area contributed by atoms with Crippen LogP contribution in [-0.4, -0.2) is 66.7 Å². The lowest BCUT2D eigenvalue weighted by Gasteiger charge is -2.19. The number of carboxylic acid groups (broad SMARTS) is 1. The number of carbonyl (C=O) groups is 4. The quantitative estimate of drug-likeness (QED) is 0.222. The van der Waals surface area contributed by atoms with E-state index in [0.717, 1.165) is 25.7 Å². The second kappa shape index (κ2) is 18.2. The summed E-state index contributed by atoms with van der Waals surface area (Å²) < 4.78 is 4.76. The van der Waals surface area contributed by atoms with Gasteiger partial charge in [0.1, 0.15) is 12.6 Å². The second-order valence-corrected chi connectivity index (χ2v) is 7.50. The minimum absolute atomic E-state index is 0.00999. The maximum absolute atomic E-state index is 12.2. The molecule has 1 unspecified atom stereocenters. The zero-order valence-electron chi connectivity index (χ0n) is 19.0. The molecular weight excluding hydrogens is 402 g/mol. The molecule has 0 aliphatic rings. The van der Waals surface area contributed by atoms with Gasteiger partial charge in [-0.05, 0) is 12.8 Å². The highest BCUT2D eigenvalue weighted by atomic mass is 16.5. The van der Waals surface area contributed by atoms with E-state index in [9.17, 15) is 24.3 Å². The Balaban J connectivity index is 4.12. The summed E-state index contributed by atoms with van der Waals surface area (Å²) in [5.41, 5.74) is 0. The monoisotopic (exact) mass is 441 g/mol. The predicted octanol–water partition coefficient (Wildman–Crippen LogP) is 2.85. The molecule has 0 fully saturated rings. The summed E-state index contributed by atoms with van der Waals surface area (Å²) >= 11 is 0. The lowest BCUT2D eigenvalue weighted by Crippen LogP contribution is -2.42. The Labute approximate surface area is 185 Å². The Morgan fingerprint density at radius 2 is 1.71 bits per heavy atom. The van der Waals surface area contributed by atoms with Crippen molar-refractivity contribution in [3.63, 3.8) is 0 Å². The maximum atomic E-state index is 12.2. The van der Waals surface area contributed by atoms with Crippen LogP contribution in [0.3, 0.4) is 0 Å². The molecule has 0 saturated carbocycles. The number of nitrogens with zero attached hydrogens (tertiary/aromatic N) is 1. The molecule has 31 heavy (non-hydrogen) atoms. The summed E-state index contributed by atoms with van der Waals surface area (Å²) in [6.07, 6.45) is 8.68. The van der Waals surface area contributed by atoms with Crippen molar-refractivity contribution in [3.05, 3.63) is 12.7 Å². The molecule has 0 rings (SSSR count). The normalized spacial score (nSPS) is 11.3. The number of aliphatic carboxylic acids is 1. The van der Waals surface area contributed by atoms with Crippen molar-refractivity contribution in [3.8, 4) is 0 Å². The molecule has 0 bridgehead atoms. The van der Waals surface area contributed by atoms with Gasteiger partial charge in [0, 0.05) is 33.0 Å². The average molecular weight is 442 g/mol. The largest absolute Gasteiger partial charge is 0.480 e. The summed E-state index contributed by atoms with van der Waals surface area (Å²) in [7, 11) is 1.56. The lowest BCUT2D eigenvalue weighted by molar-refractivity contribution is -0.142. The van der Waals surface area contributed by atoms with Crippen molar-refractivity contribution in [2.24, 2.45) is 0 Å². The number of nitrogens with one attached hydrogen (secondary N) is 2. The van der Waals surface area contributed by atoms with Gasteiger partial charge in [-0.2, -0.15) is 0 Å². The Kier molecular flexibility index (Phi) is 16.7. The molecule has 0 aromatic rings. The van der Waals surface area contributed by atoms with E-state index in [1.54, 1.807) is 7.05 Å². The van der Waals surface area contributed by atoms with Gasteiger partial charge in [0.15, 0.2) is 0 Å². The zero-order valence-corrected chi connectivity index (χ0v) is 19.0. The van der Waals surface area contributed by atoms with Gasteiger partial charge in [-0.1, -0.05) is 58.1 Å². The number of amides is 3. The molecule has 0 aromatic carbocycles. The van der Waals surface area contributed by atoms with Gasteiger partial charge in [-0.15, -0.1) is 0 Å².